The van der Waals surface area contributed by atoms with Gasteiger partial charge in [-0.1, -0.05) is 29.7 Å². The Bertz CT molecular complexity index is 456. The number of hydrogen-bond donors (Lipinski definition) is 0. The molecule has 2 aromatic rings. The fourth-order valence-corrected chi connectivity index (χ4v) is 1.21. The first-order valence-electron chi connectivity index (χ1n) is 4.72. The molecular formula is C12H10BNO. The van der Waals surface area contributed by atoms with Crippen molar-refractivity contribution in [3.8, 4) is 11.6 Å². The molecule has 72 valence electrons. The van der Waals surface area contributed by atoms with Crippen molar-refractivity contribution in [2.24, 2.45) is 0 Å². The summed E-state index contributed by atoms with van der Waals surface area (Å²) in [5.41, 5.74) is 1.46. The number of aryl methyl sites for hydroxylation is 1. The van der Waals surface area contributed by atoms with Crippen LogP contribution in [-0.4, -0.2) is 12.8 Å². The minimum Gasteiger partial charge on any atom is -0.439 e. The molecule has 0 amide bonds. The van der Waals surface area contributed by atoms with Crippen LogP contribution in [0.4, 0.5) is 0 Å². The molecule has 0 N–H and O–H groups in total. The molecule has 1 aromatic carbocycles. The molecule has 0 unspecified atom stereocenters. The van der Waals surface area contributed by atoms with Crippen molar-refractivity contribution in [2.75, 3.05) is 0 Å². The van der Waals surface area contributed by atoms with E-state index in [4.69, 9.17) is 12.6 Å². The molecule has 0 aliphatic carbocycles. The second-order valence-corrected chi connectivity index (χ2v) is 3.24. The summed E-state index contributed by atoms with van der Waals surface area (Å²) < 4.78 is 5.55. The lowest BCUT2D eigenvalue weighted by atomic mass is 9.95. The van der Waals surface area contributed by atoms with Crippen molar-refractivity contribution in [1.82, 2.24) is 4.98 Å². The van der Waals surface area contributed by atoms with Gasteiger partial charge in [0.05, 0.1) is 0 Å². The van der Waals surface area contributed by atoms with E-state index in [2.05, 4.69) is 4.98 Å². The third-order valence-corrected chi connectivity index (χ3v) is 2.07. The molecule has 1 heterocycles. The molecule has 2 rings (SSSR count). The van der Waals surface area contributed by atoms with Gasteiger partial charge in [-0.05, 0) is 19.1 Å². The van der Waals surface area contributed by atoms with Gasteiger partial charge in [-0.3, -0.25) is 0 Å². The van der Waals surface area contributed by atoms with Crippen molar-refractivity contribution in [1.29, 1.82) is 0 Å². The molecule has 2 radical (unpaired) electrons. The average molecular weight is 195 g/mol. The van der Waals surface area contributed by atoms with E-state index in [9.17, 15) is 0 Å². The lowest BCUT2D eigenvalue weighted by molar-refractivity contribution is 0.462. The highest BCUT2D eigenvalue weighted by molar-refractivity contribution is 6.33. The molecule has 0 saturated heterocycles. The predicted molar refractivity (Wildman–Crippen MR) is 60.9 cm³/mol. The topological polar surface area (TPSA) is 22.1 Å². The molecule has 2 nitrogen and oxygen atoms in total. The summed E-state index contributed by atoms with van der Waals surface area (Å²) in [5.74, 6) is 1.34. The SMILES string of the molecule is [B]c1ccc(Oc2ccccc2)nc1C. The van der Waals surface area contributed by atoms with Crippen LogP contribution in [0.1, 0.15) is 5.69 Å². The molecule has 0 saturated carbocycles. The van der Waals surface area contributed by atoms with E-state index >= 15 is 0 Å². The highest BCUT2D eigenvalue weighted by Crippen LogP contribution is 2.17. The highest BCUT2D eigenvalue weighted by atomic mass is 16.5. The molecule has 0 aliphatic heterocycles. The monoisotopic (exact) mass is 195 g/mol. The van der Waals surface area contributed by atoms with Gasteiger partial charge in [0.1, 0.15) is 13.6 Å². The third-order valence-electron chi connectivity index (χ3n) is 2.07. The van der Waals surface area contributed by atoms with Gasteiger partial charge in [0.15, 0.2) is 0 Å². The first-order valence-corrected chi connectivity index (χ1v) is 4.72. The summed E-state index contributed by atoms with van der Waals surface area (Å²) in [4.78, 5) is 4.22. The second-order valence-electron chi connectivity index (χ2n) is 3.24. The van der Waals surface area contributed by atoms with Crippen LogP contribution in [0.25, 0.3) is 0 Å². The molecule has 0 fully saturated rings. The Morgan fingerprint density at radius 2 is 1.80 bits per heavy atom. The van der Waals surface area contributed by atoms with Crippen LogP contribution >= 0.6 is 0 Å². The zero-order chi connectivity index (χ0) is 10.7. The fourth-order valence-electron chi connectivity index (χ4n) is 1.21. The van der Waals surface area contributed by atoms with Crippen molar-refractivity contribution in [2.45, 2.75) is 6.92 Å². The number of para-hydroxylation sites is 1. The Balaban J connectivity index is 2.22. The van der Waals surface area contributed by atoms with Crippen LogP contribution in [0.15, 0.2) is 42.5 Å². The van der Waals surface area contributed by atoms with Gasteiger partial charge in [0.2, 0.25) is 5.88 Å². The van der Waals surface area contributed by atoms with Gasteiger partial charge in [0.25, 0.3) is 0 Å². The van der Waals surface area contributed by atoms with E-state index in [1.807, 2.05) is 37.3 Å². The number of aromatic nitrogens is 1. The molecule has 0 spiro atoms. The summed E-state index contributed by atoms with van der Waals surface area (Å²) in [5, 5.41) is 0. The second kappa shape index (κ2) is 4.17. The van der Waals surface area contributed by atoms with Crippen LogP contribution in [-0.2, 0) is 0 Å². The summed E-state index contributed by atoms with van der Waals surface area (Å²) in [6.07, 6.45) is 0. The predicted octanol–water partition coefficient (Wildman–Crippen LogP) is 1.98. The van der Waals surface area contributed by atoms with Crippen LogP contribution in [0.3, 0.4) is 0 Å². The zero-order valence-electron chi connectivity index (χ0n) is 8.47. The number of nitrogens with zero attached hydrogens (tertiary/aromatic N) is 1. The van der Waals surface area contributed by atoms with Gasteiger partial charge < -0.3 is 4.74 Å². The number of rotatable bonds is 2. The zero-order valence-corrected chi connectivity index (χ0v) is 8.47. The van der Waals surface area contributed by atoms with Gasteiger partial charge >= 0.3 is 0 Å². The van der Waals surface area contributed by atoms with Crippen molar-refractivity contribution < 1.29 is 4.74 Å². The largest absolute Gasteiger partial charge is 0.439 e. The average Bonchev–Trinajstić information content (AvgIpc) is 2.25. The Morgan fingerprint density at radius 3 is 2.47 bits per heavy atom. The van der Waals surface area contributed by atoms with E-state index in [1.54, 1.807) is 12.1 Å². The van der Waals surface area contributed by atoms with E-state index < -0.39 is 0 Å². The maximum Gasteiger partial charge on any atom is 0.219 e. The molecule has 0 aliphatic rings. The minimum absolute atomic E-state index is 0.563. The Labute approximate surface area is 90.3 Å². The molecule has 0 bridgehead atoms. The maximum atomic E-state index is 5.66. The maximum absolute atomic E-state index is 5.66. The summed E-state index contributed by atoms with van der Waals surface area (Å²) in [7, 11) is 5.66. The van der Waals surface area contributed by atoms with Crippen molar-refractivity contribution in [3.63, 3.8) is 0 Å². The van der Waals surface area contributed by atoms with Gasteiger partial charge in [-0.15, -0.1) is 0 Å². The van der Waals surface area contributed by atoms with Crippen molar-refractivity contribution in [3.05, 3.63) is 48.2 Å². The summed E-state index contributed by atoms with van der Waals surface area (Å²) >= 11 is 0. The summed E-state index contributed by atoms with van der Waals surface area (Å²) in [6, 6.07) is 13.1. The standard InChI is InChI=1S/C12H10BNO/c1-9-11(13)7-8-12(14-9)15-10-5-3-2-4-6-10/h2-8H,1H3. The van der Waals surface area contributed by atoms with E-state index in [0.717, 1.165) is 11.4 Å². The van der Waals surface area contributed by atoms with E-state index in [-0.39, 0.29) is 0 Å². The first-order chi connectivity index (χ1) is 7.25. The number of hydrogen-bond acceptors (Lipinski definition) is 2. The number of ether oxygens (including phenoxy) is 1. The Hall–Kier alpha value is -1.77. The lowest BCUT2D eigenvalue weighted by Gasteiger charge is -2.06. The quantitative estimate of drug-likeness (QED) is 0.683. The van der Waals surface area contributed by atoms with Crippen LogP contribution in [0.5, 0.6) is 11.6 Å². The minimum atomic E-state index is 0.563. The van der Waals surface area contributed by atoms with E-state index in [1.165, 1.54) is 0 Å². The Kier molecular flexibility index (Phi) is 2.72. The summed E-state index contributed by atoms with van der Waals surface area (Å²) in [6.45, 7) is 1.85. The van der Waals surface area contributed by atoms with Crippen LogP contribution in [0, 0.1) is 6.92 Å². The van der Waals surface area contributed by atoms with E-state index in [0.29, 0.717) is 11.3 Å². The molecule has 1 aromatic heterocycles. The highest BCUT2D eigenvalue weighted by Gasteiger charge is 1.99. The smallest absolute Gasteiger partial charge is 0.219 e. The molecule has 3 heteroatoms. The van der Waals surface area contributed by atoms with Crippen LogP contribution < -0.4 is 10.2 Å². The van der Waals surface area contributed by atoms with Crippen molar-refractivity contribution >= 4 is 13.3 Å². The lowest BCUT2D eigenvalue weighted by Crippen LogP contribution is -2.08. The van der Waals surface area contributed by atoms with Gasteiger partial charge in [-0.25, -0.2) is 4.98 Å². The van der Waals surface area contributed by atoms with Gasteiger partial charge in [0, 0.05) is 11.8 Å². The van der Waals surface area contributed by atoms with Crippen LogP contribution in [0.2, 0.25) is 0 Å². The number of pyridine rings is 1. The third kappa shape index (κ3) is 2.37. The first kappa shape index (κ1) is 9.78. The molecular weight excluding hydrogens is 185 g/mol. The normalized spacial score (nSPS) is 9.93. The fraction of sp³-hybridized carbons (Fsp3) is 0.0833. The molecule has 15 heavy (non-hydrogen) atoms. The Morgan fingerprint density at radius 1 is 1.07 bits per heavy atom. The number of benzene rings is 1. The molecule has 0 atom stereocenters. The van der Waals surface area contributed by atoms with Gasteiger partial charge in [-0.2, -0.15) is 0 Å².